The van der Waals surface area contributed by atoms with Gasteiger partial charge < -0.3 is 19.9 Å². The predicted octanol–water partition coefficient (Wildman–Crippen LogP) is 4.79. The van der Waals surface area contributed by atoms with Crippen molar-refractivity contribution in [3.8, 4) is 0 Å². The Morgan fingerprint density at radius 2 is 1.30 bits per heavy atom. The lowest BCUT2D eigenvalue weighted by Crippen LogP contribution is -2.31. The molecule has 4 heteroatoms. The van der Waals surface area contributed by atoms with Gasteiger partial charge in [0.05, 0.1) is 6.10 Å². The van der Waals surface area contributed by atoms with Crippen molar-refractivity contribution < 1.29 is 4.74 Å². The molecule has 0 aromatic rings. The lowest BCUT2D eigenvalue weighted by molar-refractivity contribution is 0.0553. The highest BCUT2D eigenvalue weighted by molar-refractivity contribution is 4.65. The minimum atomic E-state index is 0.441. The van der Waals surface area contributed by atoms with E-state index in [4.69, 9.17) is 4.74 Å². The minimum Gasteiger partial charge on any atom is -0.378 e. The Bertz CT molecular complexity index is 277. The third kappa shape index (κ3) is 16.5. The fourth-order valence-electron chi connectivity index (χ4n) is 3.54. The molecule has 0 bridgehead atoms. The lowest BCUT2D eigenvalue weighted by Gasteiger charge is -2.26. The minimum absolute atomic E-state index is 0.441. The molecule has 0 saturated carbocycles. The van der Waals surface area contributed by atoms with Crippen LogP contribution in [0.25, 0.3) is 0 Å². The summed E-state index contributed by atoms with van der Waals surface area (Å²) in [5, 5.41) is 3.18. The molecule has 2 heterocycles. The Morgan fingerprint density at radius 3 is 1.74 bits per heavy atom. The van der Waals surface area contributed by atoms with E-state index in [1.807, 2.05) is 20.9 Å². The fourth-order valence-corrected chi connectivity index (χ4v) is 3.54. The highest BCUT2D eigenvalue weighted by Gasteiger charge is 2.09. The number of nitrogens with one attached hydrogen (secondary N) is 1. The van der Waals surface area contributed by atoms with Crippen molar-refractivity contribution in [2.24, 2.45) is 0 Å². The predicted molar refractivity (Wildman–Crippen MR) is 121 cm³/mol. The average Bonchev–Trinajstić information content (AvgIpc) is 2.75. The van der Waals surface area contributed by atoms with E-state index in [0.717, 1.165) is 19.6 Å². The quantitative estimate of drug-likeness (QED) is 0.547. The monoisotopic (exact) mass is 385 g/mol. The molecule has 0 radical (unpaired) electrons. The molecule has 1 N–H and O–H groups in total. The van der Waals surface area contributed by atoms with Crippen LogP contribution in [0.4, 0.5) is 0 Å². The molecule has 0 aliphatic carbocycles. The zero-order chi connectivity index (χ0) is 20.2. The molecule has 164 valence electrons. The molecule has 2 saturated heterocycles. The molecule has 4 nitrogen and oxygen atoms in total. The van der Waals surface area contributed by atoms with Gasteiger partial charge in [-0.1, -0.05) is 33.6 Å². The molecule has 0 aromatic carbocycles. The maximum absolute atomic E-state index is 5.66. The standard InChI is InChI=1S/C12H25NO.C9H20N2.C2H6/c1-3-12(2)14-11-7-10-13-8-5-4-6-9-13;1-10-6-5-9-11-7-3-2-4-8-11;1-2/h12H,3-11H2,1-2H3;10H,2-9H2,1H3;1-2H3. The maximum Gasteiger partial charge on any atom is 0.0544 e. The number of likely N-dealkylation sites (tertiary alicyclic amines) is 2. The molecule has 27 heavy (non-hydrogen) atoms. The van der Waals surface area contributed by atoms with Crippen molar-refractivity contribution in [3.63, 3.8) is 0 Å². The van der Waals surface area contributed by atoms with Crippen LogP contribution in [0.1, 0.15) is 85.5 Å². The summed E-state index contributed by atoms with van der Waals surface area (Å²) in [5.74, 6) is 0. The van der Waals surface area contributed by atoms with E-state index in [1.165, 1.54) is 90.6 Å². The van der Waals surface area contributed by atoms with Gasteiger partial charge in [0.15, 0.2) is 0 Å². The first-order valence-electron chi connectivity index (χ1n) is 12.0. The van der Waals surface area contributed by atoms with Crippen LogP contribution in [0.5, 0.6) is 0 Å². The molecule has 2 aliphatic heterocycles. The molecule has 0 spiro atoms. The van der Waals surface area contributed by atoms with E-state index in [0.29, 0.717) is 6.10 Å². The van der Waals surface area contributed by atoms with Gasteiger partial charge >= 0.3 is 0 Å². The van der Waals surface area contributed by atoms with Gasteiger partial charge in [0.2, 0.25) is 0 Å². The molecule has 2 fully saturated rings. The van der Waals surface area contributed by atoms with Gasteiger partial charge in [-0.25, -0.2) is 0 Å². The third-order valence-electron chi connectivity index (χ3n) is 5.39. The summed E-state index contributed by atoms with van der Waals surface area (Å²) in [6, 6.07) is 0. The van der Waals surface area contributed by atoms with Crippen LogP contribution in [-0.4, -0.2) is 75.4 Å². The first-order chi connectivity index (χ1) is 13.3. The van der Waals surface area contributed by atoms with Crippen molar-refractivity contribution in [1.29, 1.82) is 0 Å². The van der Waals surface area contributed by atoms with E-state index >= 15 is 0 Å². The van der Waals surface area contributed by atoms with Gasteiger partial charge in [-0.15, -0.1) is 0 Å². The summed E-state index contributed by atoms with van der Waals surface area (Å²) in [6.07, 6.45) is 12.6. The number of hydrogen-bond acceptors (Lipinski definition) is 4. The fraction of sp³-hybridized carbons (Fsp3) is 1.00. The van der Waals surface area contributed by atoms with Crippen LogP contribution < -0.4 is 5.32 Å². The Labute approximate surface area is 171 Å². The molecule has 1 unspecified atom stereocenters. The highest BCUT2D eigenvalue weighted by atomic mass is 16.5. The topological polar surface area (TPSA) is 27.7 Å². The van der Waals surface area contributed by atoms with Gasteiger partial charge in [0.1, 0.15) is 0 Å². The number of piperidine rings is 2. The Morgan fingerprint density at radius 1 is 0.815 bits per heavy atom. The second-order valence-corrected chi connectivity index (χ2v) is 7.70. The largest absolute Gasteiger partial charge is 0.378 e. The Hall–Kier alpha value is -0.160. The van der Waals surface area contributed by atoms with Crippen LogP contribution in [0, 0.1) is 0 Å². The van der Waals surface area contributed by atoms with Gasteiger partial charge in [-0.2, -0.15) is 0 Å². The Balaban J connectivity index is 0.000000469. The Kier molecular flexibility index (Phi) is 20.4. The van der Waals surface area contributed by atoms with Crippen LogP contribution in [-0.2, 0) is 4.74 Å². The molecule has 2 aliphatic rings. The van der Waals surface area contributed by atoms with Crippen LogP contribution in [0.15, 0.2) is 0 Å². The summed E-state index contributed by atoms with van der Waals surface area (Å²) in [7, 11) is 2.02. The molecular formula is C23H51N3O. The maximum atomic E-state index is 5.66. The highest BCUT2D eigenvalue weighted by Crippen LogP contribution is 2.09. The second-order valence-electron chi connectivity index (χ2n) is 7.70. The van der Waals surface area contributed by atoms with Gasteiger partial charge in [0.25, 0.3) is 0 Å². The van der Waals surface area contributed by atoms with Gasteiger partial charge in [-0.3, -0.25) is 0 Å². The zero-order valence-corrected chi connectivity index (χ0v) is 19.4. The van der Waals surface area contributed by atoms with Crippen molar-refractivity contribution in [3.05, 3.63) is 0 Å². The van der Waals surface area contributed by atoms with Crippen LogP contribution in [0.2, 0.25) is 0 Å². The summed E-state index contributed by atoms with van der Waals surface area (Å²) in [4.78, 5) is 5.16. The number of rotatable bonds is 10. The molecule has 0 amide bonds. The van der Waals surface area contributed by atoms with E-state index in [9.17, 15) is 0 Å². The third-order valence-corrected chi connectivity index (χ3v) is 5.39. The van der Waals surface area contributed by atoms with E-state index in [2.05, 4.69) is 29.0 Å². The number of ether oxygens (including phenoxy) is 1. The van der Waals surface area contributed by atoms with Gasteiger partial charge in [0, 0.05) is 13.2 Å². The van der Waals surface area contributed by atoms with Crippen molar-refractivity contribution in [2.75, 3.05) is 59.5 Å². The molecule has 1 atom stereocenters. The average molecular weight is 386 g/mol. The lowest BCUT2D eigenvalue weighted by atomic mass is 10.1. The summed E-state index contributed by atoms with van der Waals surface area (Å²) in [6.45, 7) is 18.2. The molecule has 2 rings (SSSR count). The first-order valence-corrected chi connectivity index (χ1v) is 12.0. The first kappa shape index (κ1) is 26.8. The van der Waals surface area contributed by atoms with Gasteiger partial charge in [-0.05, 0) is 98.2 Å². The molecular weight excluding hydrogens is 334 g/mol. The normalized spacial score (nSPS) is 19.4. The van der Waals surface area contributed by atoms with E-state index < -0.39 is 0 Å². The second kappa shape index (κ2) is 20.6. The SMILES string of the molecule is CC.CCC(C)OCCCN1CCCCC1.CNCCCN1CCCCC1. The zero-order valence-electron chi connectivity index (χ0n) is 19.4. The summed E-state index contributed by atoms with van der Waals surface area (Å²) in [5.41, 5.74) is 0. The van der Waals surface area contributed by atoms with Crippen molar-refractivity contribution >= 4 is 0 Å². The van der Waals surface area contributed by atoms with Crippen LogP contribution >= 0.6 is 0 Å². The smallest absolute Gasteiger partial charge is 0.0544 e. The van der Waals surface area contributed by atoms with Crippen molar-refractivity contribution in [1.82, 2.24) is 15.1 Å². The van der Waals surface area contributed by atoms with E-state index in [1.54, 1.807) is 0 Å². The van der Waals surface area contributed by atoms with Crippen molar-refractivity contribution in [2.45, 2.75) is 91.6 Å². The number of nitrogens with zero attached hydrogens (tertiary/aromatic N) is 2. The van der Waals surface area contributed by atoms with E-state index in [-0.39, 0.29) is 0 Å². The molecule has 0 aromatic heterocycles. The number of hydrogen-bond donors (Lipinski definition) is 1. The summed E-state index contributed by atoms with van der Waals surface area (Å²) >= 11 is 0. The summed E-state index contributed by atoms with van der Waals surface area (Å²) < 4.78 is 5.66. The van der Waals surface area contributed by atoms with Crippen LogP contribution in [0.3, 0.4) is 0 Å².